The number of aliphatic carboxylic acids is 1. The second-order valence-electron chi connectivity index (χ2n) is 8.33. The zero-order valence-corrected chi connectivity index (χ0v) is 21.2. The lowest BCUT2D eigenvalue weighted by atomic mass is 10.0. The zero-order valence-electron chi connectivity index (χ0n) is 19.6. The molecule has 0 bridgehead atoms. The number of hydrogen-bond donors (Lipinski definition) is 1. The summed E-state index contributed by atoms with van der Waals surface area (Å²) in [4.78, 5) is 25.7. The fourth-order valence-corrected chi connectivity index (χ4v) is 5.00. The predicted octanol–water partition coefficient (Wildman–Crippen LogP) is 5.31. The molecule has 1 aromatic heterocycles. The van der Waals surface area contributed by atoms with Crippen molar-refractivity contribution >= 4 is 46.3 Å². The molecule has 1 N–H and O–H groups in total. The third-order valence-electron chi connectivity index (χ3n) is 5.30. The van der Waals surface area contributed by atoms with Gasteiger partial charge >= 0.3 is 5.97 Å². The van der Waals surface area contributed by atoms with Gasteiger partial charge in [-0.2, -0.15) is 5.10 Å². The number of rotatable bonds is 8. The zero-order chi connectivity index (χ0) is 25.1. The molecule has 0 aliphatic carbocycles. The van der Waals surface area contributed by atoms with E-state index in [9.17, 15) is 9.59 Å². The van der Waals surface area contributed by atoms with Crippen LogP contribution in [0.5, 0.6) is 5.75 Å². The Labute approximate surface area is 213 Å². The number of amides is 1. The number of carboxylic acid groups (broad SMARTS) is 1. The molecule has 1 aliphatic rings. The van der Waals surface area contributed by atoms with Crippen LogP contribution in [0.1, 0.15) is 31.4 Å². The molecule has 1 aliphatic heterocycles. The van der Waals surface area contributed by atoms with Gasteiger partial charge in [0.15, 0.2) is 0 Å². The lowest BCUT2D eigenvalue weighted by Gasteiger charge is -2.12. The number of thiocarbonyl (C=S) groups is 1. The van der Waals surface area contributed by atoms with E-state index in [2.05, 4.69) is 0 Å². The maximum atomic E-state index is 13.0. The van der Waals surface area contributed by atoms with Gasteiger partial charge in [-0.1, -0.05) is 42.2 Å². The number of para-hydroxylation sites is 1. The Morgan fingerprint density at radius 3 is 2.63 bits per heavy atom. The molecule has 3 aromatic rings. The number of ether oxygens (including phenoxy) is 1. The molecule has 7 nitrogen and oxygen atoms in total. The summed E-state index contributed by atoms with van der Waals surface area (Å²) in [7, 11) is 0. The van der Waals surface area contributed by atoms with Crippen LogP contribution in [0.25, 0.3) is 23.0 Å². The van der Waals surface area contributed by atoms with Crippen molar-refractivity contribution in [3.63, 3.8) is 0 Å². The van der Waals surface area contributed by atoms with E-state index in [1.165, 1.54) is 16.7 Å². The summed E-state index contributed by atoms with van der Waals surface area (Å²) >= 11 is 6.51. The first kappa shape index (κ1) is 24.7. The summed E-state index contributed by atoms with van der Waals surface area (Å²) in [6, 6.07) is 15.6. The first-order valence-corrected chi connectivity index (χ1v) is 12.4. The maximum Gasteiger partial charge on any atom is 0.305 e. The molecule has 2 heterocycles. The molecule has 4 rings (SSSR count). The topological polar surface area (TPSA) is 84.7 Å². The Balaban J connectivity index is 1.76. The standard InChI is InChI=1S/C26H25N3O4S2/c1-16(2)33-20-9-10-21(17(3)13-20)24-18(15-29(27-24)19-7-5-4-6-8-19)14-22-25(32)28(26(34)35-22)12-11-23(30)31/h4-10,13-16H,11-12H2,1-3H3,(H,30,31)/b22-14-. The first-order chi connectivity index (χ1) is 16.7. The van der Waals surface area contributed by atoms with E-state index in [0.717, 1.165) is 33.8 Å². The van der Waals surface area contributed by atoms with Crippen molar-refractivity contribution in [1.82, 2.24) is 14.7 Å². The first-order valence-electron chi connectivity index (χ1n) is 11.1. The van der Waals surface area contributed by atoms with Crippen LogP contribution >= 0.6 is 24.0 Å². The smallest absolute Gasteiger partial charge is 0.305 e. The van der Waals surface area contributed by atoms with E-state index in [0.29, 0.717) is 9.23 Å². The fraction of sp³-hybridized carbons (Fsp3) is 0.231. The van der Waals surface area contributed by atoms with Crippen molar-refractivity contribution in [2.45, 2.75) is 33.3 Å². The van der Waals surface area contributed by atoms with E-state index >= 15 is 0 Å². The minimum Gasteiger partial charge on any atom is -0.491 e. The lowest BCUT2D eigenvalue weighted by Crippen LogP contribution is -2.30. The average Bonchev–Trinajstić information content (AvgIpc) is 3.33. The van der Waals surface area contributed by atoms with E-state index in [1.54, 1.807) is 10.8 Å². The van der Waals surface area contributed by atoms with Crippen molar-refractivity contribution in [2.75, 3.05) is 6.54 Å². The molecule has 1 fully saturated rings. The summed E-state index contributed by atoms with van der Waals surface area (Å²) in [5, 5.41) is 13.8. The third kappa shape index (κ3) is 5.63. The molecule has 1 saturated heterocycles. The van der Waals surface area contributed by atoms with Crippen LogP contribution < -0.4 is 4.74 Å². The SMILES string of the molecule is Cc1cc(OC(C)C)ccc1-c1nn(-c2ccccc2)cc1/C=C1\SC(=S)N(CCC(=O)O)C1=O. The molecule has 0 spiro atoms. The maximum absolute atomic E-state index is 13.0. The van der Waals surface area contributed by atoms with Gasteiger partial charge in [-0.25, -0.2) is 4.68 Å². The highest BCUT2D eigenvalue weighted by atomic mass is 32.2. The van der Waals surface area contributed by atoms with Crippen molar-refractivity contribution in [3.05, 3.63) is 70.8 Å². The van der Waals surface area contributed by atoms with Gasteiger partial charge in [0.25, 0.3) is 5.91 Å². The molecule has 0 unspecified atom stereocenters. The molecule has 180 valence electrons. The fourth-order valence-electron chi connectivity index (χ4n) is 3.70. The molecular weight excluding hydrogens is 482 g/mol. The Morgan fingerprint density at radius 2 is 1.97 bits per heavy atom. The van der Waals surface area contributed by atoms with E-state index in [1.807, 2.05) is 75.5 Å². The average molecular weight is 508 g/mol. The summed E-state index contributed by atoms with van der Waals surface area (Å²) in [5.74, 6) is -0.489. The number of aryl methyl sites for hydroxylation is 1. The summed E-state index contributed by atoms with van der Waals surface area (Å²) in [6.07, 6.45) is 3.56. The minimum absolute atomic E-state index is 0.0455. The van der Waals surface area contributed by atoms with E-state index < -0.39 is 5.97 Å². The largest absolute Gasteiger partial charge is 0.491 e. The number of benzene rings is 2. The Bertz CT molecular complexity index is 1320. The number of thioether (sulfide) groups is 1. The monoisotopic (exact) mass is 507 g/mol. The molecule has 0 atom stereocenters. The summed E-state index contributed by atoms with van der Waals surface area (Å²) < 4.78 is 7.96. The van der Waals surface area contributed by atoms with Gasteiger partial charge in [0, 0.05) is 23.9 Å². The highest BCUT2D eigenvalue weighted by molar-refractivity contribution is 8.26. The molecule has 35 heavy (non-hydrogen) atoms. The number of carbonyl (C=O) groups excluding carboxylic acids is 1. The Morgan fingerprint density at radius 1 is 1.23 bits per heavy atom. The van der Waals surface area contributed by atoms with Gasteiger partial charge in [-0.15, -0.1) is 0 Å². The van der Waals surface area contributed by atoms with Gasteiger partial charge in [-0.3, -0.25) is 14.5 Å². The molecular formula is C26H25N3O4S2. The van der Waals surface area contributed by atoms with Crippen LogP contribution in [0.15, 0.2) is 59.6 Å². The molecule has 0 radical (unpaired) electrons. The van der Waals surface area contributed by atoms with Crippen LogP contribution in [-0.4, -0.2) is 48.6 Å². The lowest BCUT2D eigenvalue weighted by molar-refractivity contribution is -0.137. The van der Waals surface area contributed by atoms with E-state index in [-0.39, 0.29) is 25.0 Å². The number of aromatic nitrogens is 2. The van der Waals surface area contributed by atoms with Gasteiger partial charge in [-0.05, 0) is 62.7 Å². The van der Waals surface area contributed by atoms with Crippen LogP contribution in [-0.2, 0) is 9.59 Å². The van der Waals surface area contributed by atoms with Crippen molar-refractivity contribution in [3.8, 4) is 22.7 Å². The van der Waals surface area contributed by atoms with Crippen molar-refractivity contribution in [1.29, 1.82) is 0 Å². The Kier molecular flexibility index (Phi) is 7.37. The molecule has 2 aromatic carbocycles. The second kappa shape index (κ2) is 10.5. The van der Waals surface area contributed by atoms with Crippen LogP contribution in [0.3, 0.4) is 0 Å². The second-order valence-corrected chi connectivity index (χ2v) is 10.0. The van der Waals surface area contributed by atoms with Crippen LogP contribution in [0.4, 0.5) is 0 Å². The summed E-state index contributed by atoms with van der Waals surface area (Å²) in [5.41, 5.74) is 4.28. The molecule has 1 amide bonds. The quantitative estimate of drug-likeness (QED) is 0.327. The predicted molar refractivity (Wildman–Crippen MR) is 142 cm³/mol. The van der Waals surface area contributed by atoms with Gasteiger partial charge in [0.2, 0.25) is 0 Å². The van der Waals surface area contributed by atoms with Crippen LogP contribution in [0, 0.1) is 6.92 Å². The van der Waals surface area contributed by atoms with Gasteiger partial charge in [0.05, 0.1) is 23.1 Å². The van der Waals surface area contributed by atoms with Gasteiger partial charge < -0.3 is 9.84 Å². The Hall–Kier alpha value is -3.43. The van der Waals surface area contributed by atoms with E-state index in [4.69, 9.17) is 27.2 Å². The molecule has 0 saturated carbocycles. The number of hydrogen-bond acceptors (Lipinski definition) is 6. The highest BCUT2D eigenvalue weighted by Crippen LogP contribution is 2.36. The highest BCUT2D eigenvalue weighted by Gasteiger charge is 2.32. The third-order valence-corrected chi connectivity index (χ3v) is 6.68. The number of carbonyl (C=O) groups is 2. The number of nitrogens with zero attached hydrogens (tertiary/aromatic N) is 3. The van der Waals surface area contributed by atoms with Crippen molar-refractivity contribution in [2.24, 2.45) is 0 Å². The normalized spacial score (nSPS) is 14.9. The minimum atomic E-state index is -0.977. The van der Waals surface area contributed by atoms with Crippen LogP contribution in [0.2, 0.25) is 0 Å². The van der Waals surface area contributed by atoms with Crippen molar-refractivity contribution < 1.29 is 19.4 Å². The summed E-state index contributed by atoms with van der Waals surface area (Å²) in [6.45, 7) is 6.01. The van der Waals surface area contributed by atoms with Gasteiger partial charge in [0.1, 0.15) is 15.8 Å². The number of carboxylic acids is 1. The molecule has 9 heteroatoms.